The highest BCUT2D eigenvalue weighted by molar-refractivity contribution is 5.96. The number of anilines is 1. The summed E-state index contributed by atoms with van der Waals surface area (Å²) in [5.41, 5.74) is 0.768. The van der Waals surface area contributed by atoms with Crippen LogP contribution in [-0.4, -0.2) is 55.0 Å². The molecule has 5 heteroatoms. The molecule has 1 aliphatic rings. The van der Waals surface area contributed by atoms with Gasteiger partial charge in [0.1, 0.15) is 18.2 Å². The number of hydrogen-bond donors (Lipinski definition) is 0. The van der Waals surface area contributed by atoms with Crippen LogP contribution in [0.5, 0.6) is 5.75 Å². The number of carbonyl (C=O) groups excluding carboxylic acids is 1. The zero-order valence-electron chi connectivity index (χ0n) is 15.4. The average Bonchev–Trinajstić information content (AvgIpc) is 2.70. The van der Waals surface area contributed by atoms with Gasteiger partial charge in [0.05, 0.1) is 0 Å². The molecule has 0 N–H and O–H groups in total. The predicted molar refractivity (Wildman–Crippen MR) is 104 cm³/mol. The molecule has 138 valence electrons. The number of piperazine rings is 1. The molecule has 1 aromatic carbocycles. The average molecular weight is 353 g/mol. The van der Waals surface area contributed by atoms with Gasteiger partial charge in [-0.1, -0.05) is 13.0 Å². The molecule has 26 heavy (non-hydrogen) atoms. The first kappa shape index (κ1) is 18.4. The summed E-state index contributed by atoms with van der Waals surface area (Å²) in [5, 5.41) is 0. The fourth-order valence-electron chi connectivity index (χ4n) is 3.14. The third-order valence-corrected chi connectivity index (χ3v) is 4.68. The van der Waals surface area contributed by atoms with Gasteiger partial charge in [0.15, 0.2) is 5.78 Å². The van der Waals surface area contributed by atoms with E-state index in [1.165, 1.54) is 0 Å². The minimum atomic E-state index is 0.199. The van der Waals surface area contributed by atoms with Gasteiger partial charge in [0, 0.05) is 50.9 Å². The molecular weight excluding hydrogens is 326 g/mol. The second-order valence-electron chi connectivity index (χ2n) is 6.56. The van der Waals surface area contributed by atoms with Crippen LogP contribution in [0.3, 0.4) is 0 Å². The van der Waals surface area contributed by atoms with Crippen LogP contribution >= 0.6 is 0 Å². The van der Waals surface area contributed by atoms with Crippen LogP contribution in [-0.2, 0) is 0 Å². The zero-order chi connectivity index (χ0) is 18.2. The maximum atomic E-state index is 11.8. The van der Waals surface area contributed by atoms with Crippen LogP contribution in [0.4, 0.5) is 5.82 Å². The van der Waals surface area contributed by atoms with Crippen LogP contribution in [0, 0.1) is 0 Å². The Morgan fingerprint density at radius 1 is 1.08 bits per heavy atom. The molecule has 0 unspecified atom stereocenters. The monoisotopic (exact) mass is 353 g/mol. The fraction of sp³-hybridized carbons (Fsp3) is 0.429. The first-order valence-corrected chi connectivity index (χ1v) is 9.40. The molecule has 5 nitrogen and oxygen atoms in total. The Hall–Kier alpha value is -2.40. The molecule has 1 aliphatic heterocycles. The van der Waals surface area contributed by atoms with Gasteiger partial charge in [-0.3, -0.25) is 9.69 Å². The first-order valence-electron chi connectivity index (χ1n) is 9.40. The van der Waals surface area contributed by atoms with Gasteiger partial charge in [-0.05, 0) is 42.8 Å². The molecule has 0 saturated carbocycles. The van der Waals surface area contributed by atoms with Crippen LogP contribution in [0.15, 0.2) is 48.7 Å². The molecule has 0 bridgehead atoms. The van der Waals surface area contributed by atoms with Gasteiger partial charge < -0.3 is 9.64 Å². The van der Waals surface area contributed by atoms with Gasteiger partial charge >= 0.3 is 0 Å². The molecule has 2 heterocycles. The maximum Gasteiger partial charge on any atom is 0.162 e. The first-order chi connectivity index (χ1) is 12.8. The number of ketones is 1. The van der Waals surface area contributed by atoms with E-state index in [1.807, 2.05) is 49.5 Å². The molecule has 1 fully saturated rings. The normalized spacial score (nSPS) is 15.0. The quantitative estimate of drug-likeness (QED) is 0.682. The van der Waals surface area contributed by atoms with E-state index in [0.717, 1.165) is 56.3 Å². The summed E-state index contributed by atoms with van der Waals surface area (Å²) in [6.07, 6.45) is 3.33. The third kappa shape index (κ3) is 5.05. The van der Waals surface area contributed by atoms with Crippen molar-refractivity contribution >= 4 is 11.6 Å². The van der Waals surface area contributed by atoms with Crippen molar-refractivity contribution in [3.63, 3.8) is 0 Å². The number of aromatic nitrogens is 1. The lowest BCUT2D eigenvalue weighted by atomic mass is 10.1. The summed E-state index contributed by atoms with van der Waals surface area (Å²) >= 11 is 0. The third-order valence-electron chi connectivity index (χ3n) is 4.68. The van der Waals surface area contributed by atoms with Gasteiger partial charge in [-0.25, -0.2) is 4.98 Å². The van der Waals surface area contributed by atoms with E-state index in [0.29, 0.717) is 13.0 Å². The van der Waals surface area contributed by atoms with Gasteiger partial charge in [-0.2, -0.15) is 0 Å². The van der Waals surface area contributed by atoms with Crippen molar-refractivity contribution in [2.75, 3.05) is 44.2 Å². The summed E-state index contributed by atoms with van der Waals surface area (Å²) in [6.45, 7) is 7.61. The van der Waals surface area contributed by atoms with Crippen LogP contribution in [0.1, 0.15) is 30.1 Å². The van der Waals surface area contributed by atoms with Crippen molar-refractivity contribution < 1.29 is 9.53 Å². The van der Waals surface area contributed by atoms with E-state index in [2.05, 4.69) is 20.9 Å². The number of hydrogen-bond acceptors (Lipinski definition) is 5. The number of carbonyl (C=O) groups is 1. The molecule has 3 rings (SSSR count). The van der Waals surface area contributed by atoms with Gasteiger partial charge in [0.25, 0.3) is 0 Å². The lowest BCUT2D eigenvalue weighted by Gasteiger charge is -2.35. The van der Waals surface area contributed by atoms with E-state index in [-0.39, 0.29) is 5.78 Å². The molecule has 2 aromatic rings. The Morgan fingerprint density at radius 2 is 1.85 bits per heavy atom. The lowest BCUT2D eigenvalue weighted by molar-refractivity contribution is 0.0981. The van der Waals surface area contributed by atoms with Crippen molar-refractivity contribution in [3.05, 3.63) is 54.2 Å². The number of nitrogens with zero attached hydrogens (tertiary/aromatic N) is 3. The smallest absolute Gasteiger partial charge is 0.162 e. The van der Waals surface area contributed by atoms with E-state index >= 15 is 0 Å². The van der Waals surface area contributed by atoms with Gasteiger partial charge in [-0.15, -0.1) is 0 Å². The molecule has 0 spiro atoms. The topological polar surface area (TPSA) is 45.7 Å². The number of ether oxygens (including phenoxy) is 1. The Balaban J connectivity index is 1.38. The maximum absolute atomic E-state index is 11.8. The van der Waals surface area contributed by atoms with Crippen LogP contribution in [0.2, 0.25) is 0 Å². The van der Waals surface area contributed by atoms with Gasteiger partial charge in [0.2, 0.25) is 0 Å². The Morgan fingerprint density at radius 3 is 2.50 bits per heavy atom. The standard InChI is InChI=1S/C21H27N3O2/c1-2-5-20(25)18-7-9-19(10-8-18)26-17-16-23-12-14-24(15-13-23)21-6-3-4-11-22-21/h3-4,6-11H,2,5,12-17H2,1H3. The van der Waals surface area contributed by atoms with Crippen molar-refractivity contribution in [2.45, 2.75) is 19.8 Å². The summed E-state index contributed by atoms with van der Waals surface area (Å²) in [5.74, 6) is 2.08. The van der Waals surface area contributed by atoms with Crippen molar-refractivity contribution in [1.29, 1.82) is 0 Å². The zero-order valence-corrected chi connectivity index (χ0v) is 15.4. The Kier molecular flexibility index (Phi) is 6.61. The molecule has 0 aliphatic carbocycles. The molecule has 1 aromatic heterocycles. The largest absolute Gasteiger partial charge is 0.492 e. The molecule has 1 saturated heterocycles. The second kappa shape index (κ2) is 9.34. The fourth-order valence-corrected chi connectivity index (χ4v) is 3.14. The number of rotatable bonds is 8. The highest BCUT2D eigenvalue weighted by atomic mass is 16.5. The van der Waals surface area contributed by atoms with Crippen molar-refractivity contribution in [2.24, 2.45) is 0 Å². The molecule has 0 atom stereocenters. The number of Topliss-reactive ketones (excluding diaryl/α,β-unsaturated/α-hetero) is 1. The number of benzene rings is 1. The Labute approximate surface area is 155 Å². The van der Waals surface area contributed by atoms with Crippen molar-refractivity contribution in [1.82, 2.24) is 9.88 Å². The highest BCUT2D eigenvalue weighted by Gasteiger charge is 2.17. The predicted octanol–water partition coefficient (Wildman–Crippen LogP) is 3.27. The summed E-state index contributed by atoms with van der Waals surface area (Å²) in [4.78, 5) is 21.0. The molecular formula is C21H27N3O2. The summed E-state index contributed by atoms with van der Waals surface area (Å²) in [7, 11) is 0. The number of pyridine rings is 1. The van der Waals surface area contributed by atoms with E-state index < -0.39 is 0 Å². The van der Waals surface area contributed by atoms with E-state index in [4.69, 9.17) is 4.74 Å². The minimum absolute atomic E-state index is 0.199. The van der Waals surface area contributed by atoms with Crippen LogP contribution in [0.25, 0.3) is 0 Å². The lowest BCUT2D eigenvalue weighted by Crippen LogP contribution is -2.47. The summed E-state index contributed by atoms with van der Waals surface area (Å²) < 4.78 is 5.84. The van der Waals surface area contributed by atoms with E-state index in [9.17, 15) is 4.79 Å². The summed E-state index contributed by atoms with van der Waals surface area (Å²) in [6, 6.07) is 13.5. The Bertz CT molecular complexity index is 680. The van der Waals surface area contributed by atoms with Crippen LogP contribution < -0.4 is 9.64 Å². The minimum Gasteiger partial charge on any atom is -0.492 e. The highest BCUT2D eigenvalue weighted by Crippen LogP contribution is 2.15. The van der Waals surface area contributed by atoms with E-state index in [1.54, 1.807) is 0 Å². The SMILES string of the molecule is CCCC(=O)c1ccc(OCCN2CCN(c3ccccn3)CC2)cc1. The second-order valence-corrected chi connectivity index (χ2v) is 6.56. The molecule has 0 radical (unpaired) electrons. The van der Waals surface area contributed by atoms with Crippen molar-refractivity contribution in [3.8, 4) is 5.75 Å². The molecule has 0 amide bonds.